The van der Waals surface area contributed by atoms with Gasteiger partial charge in [-0.25, -0.2) is 18.2 Å². The van der Waals surface area contributed by atoms with Gasteiger partial charge in [0, 0.05) is 6.07 Å². The van der Waals surface area contributed by atoms with Gasteiger partial charge in [0.2, 0.25) is 5.09 Å². The van der Waals surface area contributed by atoms with Crippen LogP contribution in [0.15, 0.2) is 55.1 Å². The number of aryl methyl sites for hydroxylation is 1. The first-order valence-corrected chi connectivity index (χ1v) is 8.13. The lowest BCUT2D eigenvalue weighted by Crippen LogP contribution is -2.22. The molecule has 0 saturated heterocycles. The van der Waals surface area contributed by atoms with E-state index in [1.807, 2.05) is 0 Å². The molecule has 2 N–H and O–H groups in total. The van der Waals surface area contributed by atoms with Crippen LogP contribution in [0, 0.1) is 6.92 Å². The van der Waals surface area contributed by atoms with Crippen molar-refractivity contribution in [3.63, 3.8) is 0 Å². The Bertz CT molecular complexity index is 963. The van der Waals surface area contributed by atoms with E-state index in [4.69, 9.17) is 8.83 Å². The van der Waals surface area contributed by atoms with E-state index >= 15 is 0 Å². The SMILES string of the molecule is Cc1ccc(CNS(=O)(=O)c2ccc(-c3ccc(=O)[nH]n3)o2)o1. The highest BCUT2D eigenvalue weighted by Gasteiger charge is 2.20. The van der Waals surface area contributed by atoms with Crippen LogP contribution < -0.4 is 10.3 Å². The topological polar surface area (TPSA) is 118 Å². The van der Waals surface area contributed by atoms with Gasteiger partial charge in [-0.3, -0.25) is 4.79 Å². The quantitative estimate of drug-likeness (QED) is 0.728. The molecule has 0 bridgehead atoms. The minimum atomic E-state index is -3.82. The van der Waals surface area contributed by atoms with Gasteiger partial charge in [0.15, 0.2) is 5.76 Å². The Morgan fingerprint density at radius 1 is 1.13 bits per heavy atom. The summed E-state index contributed by atoms with van der Waals surface area (Å²) in [5.41, 5.74) is -0.0312. The lowest BCUT2D eigenvalue weighted by atomic mass is 10.3. The predicted octanol–water partition coefficient (Wildman–Crippen LogP) is 1.41. The largest absolute Gasteiger partial charge is 0.465 e. The van der Waals surface area contributed by atoms with Crippen LogP contribution in [-0.2, 0) is 16.6 Å². The van der Waals surface area contributed by atoms with Gasteiger partial charge in [-0.15, -0.1) is 0 Å². The molecule has 0 amide bonds. The smallest absolute Gasteiger partial charge is 0.274 e. The molecule has 0 aliphatic rings. The Kier molecular flexibility index (Phi) is 3.89. The van der Waals surface area contributed by atoms with Crippen LogP contribution in [0.5, 0.6) is 0 Å². The van der Waals surface area contributed by atoms with Crippen molar-refractivity contribution in [1.29, 1.82) is 0 Å². The number of nitrogens with zero attached hydrogens (tertiary/aromatic N) is 1. The molecule has 0 spiro atoms. The Morgan fingerprint density at radius 3 is 2.61 bits per heavy atom. The summed E-state index contributed by atoms with van der Waals surface area (Å²) in [4.78, 5) is 11.0. The first kappa shape index (κ1) is 15.3. The zero-order chi connectivity index (χ0) is 16.4. The fraction of sp³-hybridized carbons (Fsp3) is 0.143. The number of rotatable bonds is 5. The fourth-order valence-electron chi connectivity index (χ4n) is 1.90. The number of furan rings is 2. The van der Waals surface area contributed by atoms with Gasteiger partial charge in [0.05, 0.1) is 6.54 Å². The van der Waals surface area contributed by atoms with E-state index in [1.165, 1.54) is 24.3 Å². The number of H-pyrrole nitrogens is 1. The molecule has 120 valence electrons. The van der Waals surface area contributed by atoms with Gasteiger partial charge in [-0.1, -0.05) is 0 Å². The van der Waals surface area contributed by atoms with Gasteiger partial charge >= 0.3 is 0 Å². The first-order valence-electron chi connectivity index (χ1n) is 6.65. The summed E-state index contributed by atoms with van der Waals surface area (Å²) in [5.74, 6) is 1.43. The van der Waals surface area contributed by atoms with Crippen molar-refractivity contribution < 1.29 is 17.3 Å². The molecule has 8 nitrogen and oxygen atoms in total. The van der Waals surface area contributed by atoms with Crippen molar-refractivity contribution in [3.8, 4) is 11.5 Å². The minimum absolute atomic E-state index is 0.0170. The van der Waals surface area contributed by atoms with E-state index in [2.05, 4.69) is 14.9 Å². The number of hydrogen-bond donors (Lipinski definition) is 2. The highest BCUT2D eigenvalue weighted by Crippen LogP contribution is 2.22. The van der Waals surface area contributed by atoms with E-state index in [9.17, 15) is 13.2 Å². The Labute approximate surface area is 131 Å². The summed E-state index contributed by atoms with van der Waals surface area (Å²) < 4.78 is 37.4. The van der Waals surface area contributed by atoms with Crippen molar-refractivity contribution in [2.24, 2.45) is 0 Å². The monoisotopic (exact) mass is 335 g/mol. The molecule has 3 rings (SSSR count). The van der Waals surface area contributed by atoms with Gasteiger partial charge in [0.1, 0.15) is 17.2 Å². The second kappa shape index (κ2) is 5.86. The minimum Gasteiger partial charge on any atom is -0.465 e. The molecular formula is C14H13N3O5S. The maximum absolute atomic E-state index is 12.2. The third kappa shape index (κ3) is 3.41. The summed E-state index contributed by atoms with van der Waals surface area (Å²) in [6, 6.07) is 8.93. The third-order valence-electron chi connectivity index (χ3n) is 3.01. The van der Waals surface area contributed by atoms with E-state index in [0.29, 0.717) is 17.2 Å². The van der Waals surface area contributed by atoms with E-state index in [-0.39, 0.29) is 23.0 Å². The Balaban J connectivity index is 1.78. The van der Waals surface area contributed by atoms with E-state index < -0.39 is 10.0 Å². The van der Waals surface area contributed by atoms with Gasteiger partial charge in [-0.2, -0.15) is 5.10 Å². The molecule has 0 aliphatic carbocycles. The first-order chi connectivity index (χ1) is 10.9. The van der Waals surface area contributed by atoms with Crippen LogP contribution in [0.4, 0.5) is 0 Å². The molecule has 9 heteroatoms. The number of nitrogens with one attached hydrogen (secondary N) is 2. The maximum atomic E-state index is 12.2. The predicted molar refractivity (Wildman–Crippen MR) is 80.0 cm³/mol. The summed E-state index contributed by atoms with van der Waals surface area (Å²) in [6.07, 6.45) is 0. The van der Waals surface area contributed by atoms with Crippen LogP contribution in [-0.4, -0.2) is 18.6 Å². The Morgan fingerprint density at radius 2 is 1.96 bits per heavy atom. The van der Waals surface area contributed by atoms with Crippen LogP contribution in [0.2, 0.25) is 0 Å². The molecule has 0 aromatic carbocycles. The second-order valence-electron chi connectivity index (χ2n) is 4.76. The standard InChI is InChI=1S/C14H13N3O5S/c1-9-2-3-10(21-9)8-15-23(19,20)14-7-5-12(22-14)11-4-6-13(18)17-16-11/h2-7,15H,8H2,1H3,(H,17,18). The number of aromatic nitrogens is 2. The number of sulfonamides is 1. The lowest BCUT2D eigenvalue weighted by Gasteiger charge is -2.02. The molecule has 0 aliphatic heterocycles. The van der Waals surface area contributed by atoms with Gasteiger partial charge in [-0.05, 0) is 37.3 Å². The summed E-state index contributed by atoms with van der Waals surface area (Å²) >= 11 is 0. The number of hydrogen-bond acceptors (Lipinski definition) is 6. The number of aromatic amines is 1. The molecule has 3 aromatic heterocycles. The molecule has 23 heavy (non-hydrogen) atoms. The maximum Gasteiger partial charge on any atom is 0.274 e. The molecule has 0 radical (unpaired) electrons. The normalized spacial score (nSPS) is 11.7. The molecule has 0 fully saturated rings. The summed E-state index contributed by atoms with van der Waals surface area (Å²) in [7, 11) is -3.82. The Hall–Kier alpha value is -2.65. The van der Waals surface area contributed by atoms with Crippen molar-refractivity contribution in [3.05, 3.63) is 58.3 Å². The fourth-order valence-corrected chi connectivity index (χ4v) is 2.82. The highest BCUT2D eigenvalue weighted by molar-refractivity contribution is 7.89. The lowest BCUT2D eigenvalue weighted by molar-refractivity contribution is 0.447. The molecule has 3 aromatic rings. The van der Waals surface area contributed by atoms with Crippen molar-refractivity contribution in [1.82, 2.24) is 14.9 Å². The summed E-state index contributed by atoms with van der Waals surface area (Å²) in [5, 5.41) is 5.78. The third-order valence-corrected chi connectivity index (χ3v) is 4.28. The molecular weight excluding hydrogens is 322 g/mol. The van der Waals surface area contributed by atoms with Crippen molar-refractivity contribution in [2.45, 2.75) is 18.6 Å². The van der Waals surface area contributed by atoms with Gasteiger partial charge in [0.25, 0.3) is 15.6 Å². The second-order valence-corrected chi connectivity index (χ2v) is 6.46. The zero-order valence-electron chi connectivity index (χ0n) is 12.1. The highest BCUT2D eigenvalue weighted by atomic mass is 32.2. The van der Waals surface area contributed by atoms with Crippen LogP contribution in [0.25, 0.3) is 11.5 Å². The van der Waals surface area contributed by atoms with E-state index in [1.54, 1.807) is 19.1 Å². The molecule has 0 unspecified atom stereocenters. The van der Waals surface area contributed by atoms with Crippen molar-refractivity contribution in [2.75, 3.05) is 0 Å². The van der Waals surface area contributed by atoms with Gasteiger partial charge < -0.3 is 8.83 Å². The summed E-state index contributed by atoms with van der Waals surface area (Å²) in [6.45, 7) is 1.79. The molecule has 3 heterocycles. The van der Waals surface area contributed by atoms with Crippen LogP contribution in [0.1, 0.15) is 11.5 Å². The van der Waals surface area contributed by atoms with Crippen LogP contribution in [0.3, 0.4) is 0 Å². The average molecular weight is 335 g/mol. The average Bonchev–Trinajstić information content (AvgIpc) is 3.15. The van der Waals surface area contributed by atoms with Crippen molar-refractivity contribution >= 4 is 10.0 Å². The van der Waals surface area contributed by atoms with E-state index in [0.717, 1.165) is 0 Å². The molecule has 0 saturated carbocycles. The van der Waals surface area contributed by atoms with Crippen LogP contribution >= 0.6 is 0 Å². The zero-order valence-corrected chi connectivity index (χ0v) is 12.9. The molecule has 0 atom stereocenters.